The molecule has 0 atom stereocenters. The Hall–Kier alpha value is -1.20. The summed E-state index contributed by atoms with van der Waals surface area (Å²) < 4.78 is 18.4. The highest BCUT2D eigenvalue weighted by Gasteiger charge is 2.16. The van der Waals surface area contributed by atoms with Crippen molar-refractivity contribution in [2.45, 2.75) is 0 Å². The van der Waals surface area contributed by atoms with Crippen molar-refractivity contribution in [3.63, 3.8) is 0 Å². The van der Waals surface area contributed by atoms with E-state index >= 15 is 0 Å². The van der Waals surface area contributed by atoms with Gasteiger partial charge in [-0.2, -0.15) is 0 Å². The van der Waals surface area contributed by atoms with E-state index in [1.165, 1.54) is 12.1 Å². The number of hydrogen-bond acceptors (Lipinski definition) is 3. The first kappa shape index (κ1) is 11.3. The maximum Gasteiger partial charge on any atom is 0.124 e. The average molecular weight is 240 g/mol. The van der Waals surface area contributed by atoms with Gasteiger partial charge in [-0.3, -0.25) is 0 Å². The number of rotatable bonds is 2. The molecule has 2 N–H and O–H groups in total. The topological polar surface area (TPSA) is 38.5 Å². The van der Waals surface area contributed by atoms with Crippen LogP contribution in [0.4, 0.5) is 10.1 Å². The summed E-state index contributed by atoms with van der Waals surface area (Å²) in [5.74, 6) is -0.320. The highest BCUT2D eigenvalue weighted by atomic mass is 32.1. The van der Waals surface area contributed by atoms with E-state index in [4.69, 9.17) is 22.7 Å². The van der Waals surface area contributed by atoms with E-state index in [1.54, 1.807) is 6.07 Å². The smallest absolute Gasteiger partial charge is 0.124 e. The Labute approximate surface area is 99.0 Å². The van der Waals surface area contributed by atoms with Gasteiger partial charge in [0.25, 0.3) is 0 Å². The fourth-order valence-electron chi connectivity index (χ4n) is 1.79. The van der Waals surface area contributed by atoms with E-state index < -0.39 is 0 Å². The lowest BCUT2D eigenvalue weighted by atomic mass is 10.1. The van der Waals surface area contributed by atoms with E-state index in [-0.39, 0.29) is 10.8 Å². The minimum atomic E-state index is -0.320. The number of anilines is 1. The molecular weight excluding hydrogens is 227 g/mol. The molecule has 2 rings (SSSR count). The van der Waals surface area contributed by atoms with Gasteiger partial charge in [-0.15, -0.1) is 0 Å². The third-order valence-corrected chi connectivity index (χ3v) is 2.80. The molecule has 1 aromatic carbocycles. The van der Waals surface area contributed by atoms with Crippen molar-refractivity contribution in [2.24, 2.45) is 5.73 Å². The summed E-state index contributed by atoms with van der Waals surface area (Å²) in [6, 6.07) is 4.52. The van der Waals surface area contributed by atoms with Crippen molar-refractivity contribution in [1.29, 1.82) is 0 Å². The Bertz CT molecular complexity index is 405. The summed E-state index contributed by atoms with van der Waals surface area (Å²) in [5.41, 5.74) is 7.08. The number of thiocarbonyl (C=S) groups is 1. The number of halogens is 1. The van der Waals surface area contributed by atoms with Crippen LogP contribution in [0.3, 0.4) is 0 Å². The Morgan fingerprint density at radius 2 is 2.06 bits per heavy atom. The quantitative estimate of drug-likeness (QED) is 0.791. The molecule has 16 heavy (non-hydrogen) atoms. The van der Waals surface area contributed by atoms with Crippen LogP contribution < -0.4 is 10.6 Å². The second-order valence-electron chi connectivity index (χ2n) is 3.63. The maximum absolute atomic E-state index is 13.1. The van der Waals surface area contributed by atoms with Crippen molar-refractivity contribution in [3.05, 3.63) is 29.6 Å². The third kappa shape index (κ3) is 2.31. The molecule has 0 aromatic heterocycles. The molecule has 1 aromatic rings. The van der Waals surface area contributed by atoms with Crippen molar-refractivity contribution < 1.29 is 9.13 Å². The molecule has 1 saturated heterocycles. The summed E-state index contributed by atoms with van der Waals surface area (Å²) >= 11 is 4.93. The molecule has 86 valence electrons. The molecular formula is C11H13FN2OS. The van der Waals surface area contributed by atoms with Crippen LogP contribution in [0.15, 0.2) is 18.2 Å². The van der Waals surface area contributed by atoms with Crippen molar-refractivity contribution in [2.75, 3.05) is 31.2 Å². The number of hydrogen-bond donors (Lipinski definition) is 1. The number of nitrogens with zero attached hydrogens (tertiary/aromatic N) is 1. The molecule has 0 amide bonds. The maximum atomic E-state index is 13.1. The van der Waals surface area contributed by atoms with Gasteiger partial charge in [0.05, 0.1) is 13.2 Å². The van der Waals surface area contributed by atoms with Crippen LogP contribution in [-0.2, 0) is 4.74 Å². The Morgan fingerprint density at radius 3 is 2.69 bits per heavy atom. The molecule has 0 spiro atoms. The van der Waals surface area contributed by atoms with E-state index in [2.05, 4.69) is 4.90 Å². The van der Waals surface area contributed by atoms with Gasteiger partial charge in [-0.1, -0.05) is 12.2 Å². The minimum absolute atomic E-state index is 0.223. The largest absolute Gasteiger partial charge is 0.389 e. The van der Waals surface area contributed by atoms with E-state index in [0.717, 1.165) is 18.8 Å². The van der Waals surface area contributed by atoms with Gasteiger partial charge < -0.3 is 15.4 Å². The predicted octanol–water partition coefficient (Wildman–Crippen LogP) is 1.30. The minimum Gasteiger partial charge on any atom is -0.389 e. The lowest BCUT2D eigenvalue weighted by Gasteiger charge is -2.30. The molecule has 1 aliphatic rings. The zero-order valence-electron chi connectivity index (χ0n) is 8.78. The molecule has 3 nitrogen and oxygen atoms in total. The molecule has 1 fully saturated rings. The van der Waals surface area contributed by atoms with E-state index in [0.29, 0.717) is 18.8 Å². The van der Waals surface area contributed by atoms with Crippen molar-refractivity contribution >= 4 is 22.9 Å². The molecule has 0 aliphatic carbocycles. The van der Waals surface area contributed by atoms with Gasteiger partial charge in [0, 0.05) is 24.3 Å². The van der Waals surface area contributed by atoms with Gasteiger partial charge in [0.15, 0.2) is 0 Å². The van der Waals surface area contributed by atoms with Crippen LogP contribution in [-0.4, -0.2) is 31.3 Å². The van der Waals surface area contributed by atoms with Gasteiger partial charge in [0.1, 0.15) is 10.8 Å². The number of ether oxygens (including phenoxy) is 1. The first-order valence-corrected chi connectivity index (χ1v) is 5.51. The Balaban J connectivity index is 2.34. The normalized spacial score (nSPS) is 16.2. The molecule has 0 bridgehead atoms. The van der Waals surface area contributed by atoms with Crippen LogP contribution in [0.5, 0.6) is 0 Å². The fraction of sp³-hybridized carbons (Fsp3) is 0.364. The summed E-state index contributed by atoms with van der Waals surface area (Å²) in [5, 5.41) is 0. The molecule has 1 heterocycles. The van der Waals surface area contributed by atoms with Gasteiger partial charge in [0.2, 0.25) is 0 Å². The van der Waals surface area contributed by atoms with Gasteiger partial charge in [-0.25, -0.2) is 4.39 Å². The van der Waals surface area contributed by atoms with Gasteiger partial charge in [-0.05, 0) is 18.2 Å². The number of morpholine rings is 1. The van der Waals surface area contributed by atoms with Crippen LogP contribution in [0, 0.1) is 5.82 Å². The second kappa shape index (κ2) is 4.76. The molecule has 0 saturated carbocycles. The monoisotopic (exact) mass is 240 g/mol. The highest BCUT2D eigenvalue weighted by Crippen LogP contribution is 2.22. The van der Waals surface area contributed by atoms with E-state index in [9.17, 15) is 4.39 Å². The zero-order valence-corrected chi connectivity index (χ0v) is 9.60. The average Bonchev–Trinajstić information content (AvgIpc) is 2.30. The van der Waals surface area contributed by atoms with Crippen LogP contribution in [0.25, 0.3) is 0 Å². The van der Waals surface area contributed by atoms with Crippen molar-refractivity contribution in [3.8, 4) is 0 Å². The van der Waals surface area contributed by atoms with Crippen molar-refractivity contribution in [1.82, 2.24) is 0 Å². The van der Waals surface area contributed by atoms with E-state index in [1.807, 2.05) is 0 Å². The van der Waals surface area contributed by atoms with Gasteiger partial charge >= 0.3 is 0 Å². The summed E-state index contributed by atoms with van der Waals surface area (Å²) in [6.07, 6.45) is 0. The Morgan fingerprint density at radius 1 is 1.38 bits per heavy atom. The number of nitrogens with two attached hydrogens (primary N) is 1. The summed E-state index contributed by atoms with van der Waals surface area (Å²) in [7, 11) is 0. The summed E-state index contributed by atoms with van der Waals surface area (Å²) in [4.78, 5) is 2.33. The Kier molecular flexibility index (Phi) is 3.36. The molecule has 1 aliphatic heterocycles. The summed E-state index contributed by atoms with van der Waals surface area (Å²) in [6.45, 7) is 2.91. The second-order valence-corrected chi connectivity index (χ2v) is 4.06. The zero-order chi connectivity index (χ0) is 11.5. The molecule has 5 heteroatoms. The lowest BCUT2D eigenvalue weighted by Crippen LogP contribution is -2.37. The SMILES string of the molecule is NC(=S)c1cc(F)ccc1N1CCOCC1. The third-order valence-electron chi connectivity index (χ3n) is 2.58. The molecule has 0 radical (unpaired) electrons. The number of benzene rings is 1. The standard InChI is InChI=1S/C11H13FN2OS/c12-8-1-2-10(9(7-8)11(13)16)14-3-5-15-6-4-14/h1-2,7H,3-6H2,(H2,13,16). The first-order valence-electron chi connectivity index (χ1n) is 5.10. The predicted molar refractivity (Wildman–Crippen MR) is 65.3 cm³/mol. The fourth-order valence-corrected chi connectivity index (χ4v) is 1.95. The van der Waals surface area contributed by atoms with Crippen LogP contribution >= 0.6 is 12.2 Å². The van der Waals surface area contributed by atoms with Crippen LogP contribution in [0.1, 0.15) is 5.56 Å². The highest BCUT2D eigenvalue weighted by molar-refractivity contribution is 7.80. The van der Waals surface area contributed by atoms with Crippen LogP contribution in [0.2, 0.25) is 0 Å². The molecule has 0 unspecified atom stereocenters. The first-order chi connectivity index (χ1) is 7.68. The lowest BCUT2D eigenvalue weighted by molar-refractivity contribution is 0.122.